The van der Waals surface area contributed by atoms with Crippen molar-refractivity contribution in [1.29, 1.82) is 0 Å². The Morgan fingerprint density at radius 1 is 1.00 bits per heavy atom. The van der Waals surface area contributed by atoms with E-state index in [1.54, 1.807) is 13.8 Å². The number of hydrogen-bond acceptors (Lipinski definition) is 12. The number of aliphatic hydroxyl groups is 7. The number of nitrogens with two attached hydrogens (primary N) is 1. The molecule has 2 heterocycles. The van der Waals surface area contributed by atoms with Gasteiger partial charge in [0.2, 0.25) is 0 Å². The number of allylic oxidation sites excluding steroid dienone is 5. The number of ketones is 1. The lowest BCUT2D eigenvalue weighted by atomic mass is 9.41. The minimum absolute atomic E-state index is 0.0763. The molecular formula is C49H75N3O9. The molecule has 61 heavy (non-hydrogen) atoms. The molecule has 340 valence electrons. The highest BCUT2D eigenvalue weighted by molar-refractivity contribution is 6.00. The molecule has 0 aromatic carbocycles. The number of hydrogen-bond donors (Lipinski definition) is 10. The van der Waals surface area contributed by atoms with Crippen LogP contribution >= 0.6 is 0 Å². The molecule has 2 aliphatic heterocycles. The second-order valence-electron chi connectivity index (χ2n) is 22.0. The summed E-state index contributed by atoms with van der Waals surface area (Å²) in [5.74, 6) is -1.91. The lowest BCUT2D eigenvalue weighted by Gasteiger charge is -2.64. The third-order valence-electron chi connectivity index (χ3n) is 18.8. The van der Waals surface area contributed by atoms with Crippen LogP contribution in [0.5, 0.6) is 0 Å². The van der Waals surface area contributed by atoms with Gasteiger partial charge >= 0.3 is 0 Å². The van der Waals surface area contributed by atoms with Crippen molar-refractivity contribution in [3.8, 4) is 0 Å². The van der Waals surface area contributed by atoms with Gasteiger partial charge in [0.05, 0.1) is 59.7 Å². The molecule has 1 spiro atoms. The Morgan fingerprint density at radius 3 is 2.49 bits per heavy atom. The average molecular weight is 850 g/mol. The van der Waals surface area contributed by atoms with E-state index in [1.807, 2.05) is 25.3 Å². The van der Waals surface area contributed by atoms with Crippen LogP contribution in [0.4, 0.5) is 0 Å². The van der Waals surface area contributed by atoms with Gasteiger partial charge in [-0.05, 0) is 143 Å². The highest BCUT2D eigenvalue weighted by atomic mass is 16.5. The zero-order valence-electron chi connectivity index (χ0n) is 36.9. The molecule has 12 nitrogen and oxygen atoms in total. The van der Waals surface area contributed by atoms with Crippen LogP contribution in [0, 0.1) is 58.2 Å². The van der Waals surface area contributed by atoms with Crippen LogP contribution in [-0.2, 0) is 9.53 Å². The fraction of sp³-hybridized carbons (Fsp3) is 0.816. The van der Waals surface area contributed by atoms with Crippen LogP contribution in [0.25, 0.3) is 0 Å². The van der Waals surface area contributed by atoms with Crippen molar-refractivity contribution >= 4 is 5.78 Å². The van der Waals surface area contributed by atoms with Crippen LogP contribution in [-0.4, -0.2) is 108 Å². The molecule has 0 aromatic rings. The molecule has 0 radical (unpaired) electrons. The van der Waals surface area contributed by atoms with E-state index in [-0.39, 0.29) is 79.6 Å². The van der Waals surface area contributed by atoms with Gasteiger partial charge in [-0.3, -0.25) is 4.79 Å². The van der Waals surface area contributed by atoms with Crippen molar-refractivity contribution in [2.45, 2.75) is 184 Å². The van der Waals surface area contributed by atoms with Gasteiger partial charge in [-0.2, -0.15) is 0 Å². The first-order chi connectivity index (χ1) is 28.9. The van der Waals surface area contributed by atoms with Crippen molar-refractivity contribution in [3.05, 3.63) is 47.3 Å². The Labute approximate surface area is 362 Å². The molecule has 9 rings (SSSR count). The van der Waals surface area contributed by atoms with E-state index >= 15 is 4.79 Å². The molecule has 20 unspecified atom stereocenters. The summed E-state index contributed by atoms with van der Waals surface area (Å²) in [6, 6.07) is 0. The summed E-state index contributed by atoms with van der Waals surface area (Å²) in [6.07, 6.45) is 14.8. The Bertz CT molecular complexity index is 1830. The fourth-order valence-corrected chi connectivity index (χ4v) is 15.9. The first-order valence-corrected chi connectivity index (χ1v) is 24.1. The lowest BCUT2D eigenvalue weighted by molar-refractivity contribution is -0.255. The monoisotopic (exact) mass is 850 g/mol. The number of aliphatic hydroxyl groups excluding tert-OH is 4. The van der Waals surface area contributed by atoms with Crippen molar-refractivity contribution in [2.24, 2.45) is 63.9 Å². The van der Waals surface area contributed by atoms with Gasteiger partial charge in [0.15, 0.2) is 5.78 Å². The summed E-state index contributed by atoms with van der Waals surface area (Å²) in [4.78, 5) is 15.3. The summed E-state index contributed by atoms with van der Waals surface area (Å²) in [5.41, 5.74) is 1.02. The lowest BCUT2D eigenvalue weighted by Crippen LogP contribution is -2.70. The van der Waals surface area contributed by atoms with Gasteiger partial charge in [-0.15, -0.1) is 0 Å². The van der Waals surface area contributed by atoms with Gasteiger partial charge in [0.25, 0.3) is 0 Å². The third-order valence-corrected chi connectivity index (χ3v) is 18.8. The smallest absolute Gasteiger partial charge is 0.182 e. The molecule has 12 heteroatoms. The molecule has 0 amide bonds. The Hall–Kier alpha value is -2.13. The Morgan fingerprint density at radius 2 is 1.77 bits per heavy atom. The highest BCUT2D eigenvalue weighted by Gasteiger charge is 2.75. The number of carbonyl (C=O) groups excluding carboxylic acids is 1. The van der Waals surface area contributed by atoms with Crippen LogP contribution in [0.3, 0.4) is 0 Å². The molecule has 20 atom stereocenters. The standard InChI is InChI=1S/C49H75N3O9/c1-5-7-27-9-14-31-36(15-10-27)61-44-39(31)33(54)8-6-18-49(44,60)46(4,58)37-17-19-48(59)41-40-29(21-45(37,48)3)12-11-28(30-13-16-38(50)51-25-30)22-47(40)23-35(56)34(55)20-32(47)43(57)42(41)52-24-26(2)53/h11-13,16,25-29,31-40,44,51-56,58-60H,5-10,14-15,17-24,50H2,1-4H3. The summed E-state index contributed by atoms with van der Waals surface area (Å²) in [6.45, 7) is 7.73. The van der Waals surface area contributed by atoms with Gasteiger partial charge in [0, 0.05) is 35.9 Å². The molecule has 7 aliphatic carbocycles. The van der Waals surface area contributed by atoms with Crippen molar-refractivity contribution < 1.29 is 45.3 Å². The molecule has 1 saturated heterocycles. The van der Waals surface area contributed by atoms with Crippen LogP contribution < -0.4 is 16.4 Å². The minimum atomic E-state index is -1.77. The van der Waals surface area contributed by atoms with Crippen molar-refractivity contribution in [2.75, 3.05) is 6.54 Å². The molecule has 0 aromatic heterocycles. The van der Waals surface area contributed by atoms with E-state index in [0.29, 0.717) is 43.6 Å². The molecule has 0 bridgehead atoms. The van der Waals surface area contributed by atoms with Gasteiger partial charge < -0.3 is 56.8 Å². The SMILES string of the molecule is CCCC1CCC2OC3C(C(O)CCCC3(O)C(C)(O)C3CCC4(O)C5=C(NCC(C)O)C(=O)C6CC(O)C(O)CC67CC(C6=CNC(N)C=C6)C=CC(CC34C)C57)C2CC1. The molecule has 5 saturated carbocycles. The number of carbonyl (C=O) groups is 1. The molecule has 6 fully saturated rings. The Balaban J connectivity index is 1.15. The van der Waals surface area contributed by atoms with Crippen molar-refractivity contribution in [1.82, 2.24) is 10.6 Å². The molecule has 9 aliphatic rings. The van der Waals surface area contributed by atoms with E-state index in [4.69, 9.17) is 10.5 Å². The van der Waals surface area contributed by atoms with Gasteiger partial charge in [-0.1, -0.05) is 51.3 Å². The highest BCUT2D eigenvalue weighted by Crippen LogP contribution is 2.73. The number of ether oxygens (including phenoxy) is 1. The Kier molecular flexibility index (Phi) is 11.4. The van der Waals surface area contributed by atoms with Crippen LogP contribution in [0.2, 0.25) is 0 Å². The van der Waals surface area contributed by atoms with E-state index in [9.17, 15) is 35.7 Å². The maximum Gasteiger partial charge on any atom is 0.182 e. The first kappa shape index (κ1) is 44.1. The predicted molar refractivity (Wildman–Crippen MR) is 230 cm³/mol. The number of Topliss-reactive ketones (excluding diaryl/α,β-unsaturated/α-hetero) is 1. The fourth-order valence-electron chi connectivity index (χ4n) is 15.9. The maximum absolute atomic E-state index is 15.3. The van der Waals surface area contributed by atoms with Crippen LogP contribution in [0.1, 0.15) is 124 Å². The number of fused-ring (bicyclic) bond motifs is 5. The molecule has 11 N–H and O–H groups in total. The normalized spacial score (nSPS) is 50.6. The second kappa shape index (κ2) is 15.8. The average Bonchev–Trinajstić information content (AvgIpc) is 3.51. The summed E-state index contributed by atoms with van der Waals surface area (Å²) in [7, 11) is 0. The zero-order valence-corrected chi connectivity index (χ0v) is 36.9. The van der Waals surface area contributed by atoms with Crippen LogP contribution in [0.15, 0.2) is 47.3 Å². The number of nitrogens with one attached hydrogen (secondary N) is 2. The summed E-state index contributed by atoms with van der Waals surface area (Å²) < 4.78 is 6.99. The number of rotatable bonds is 8. The maximum atomic E-state index is 15.3. The zero-order chi connectivity index (χ0) is 43.4. The minimum Gasteiger partial charge on any atom is -0.393 e. The first-order valence-electron chi connectivity index (χ1n) is 24.1. The van der Waals surface area contributed by atoms with Crippen molar-refractivity contribution in [3.63, 3.8) is 0 Å². The van der Waals surface area contributed by atoms with E-state index < -0.39 is 75.9 Å². The largest absolute Gasteiger partial charge is 0.393 e. The third kappa shape index (κ3) is 6.65. The van der Waals surface area contributed by atoms with Gasteiger partial charge in [0.1, 0.15) is 5.60 Å². The predicted octanol–water partition coefficient (Wildman–Crippen LogP) is 3.62. The van der Waals surface area contributed by atoms with E-state index in [1.165, 1.54) is 6.42 Å². The molecular weight excluding hydrogens is 775 g/mol. The topological polar surface area (TPSA) is 218 Å². The van der Waals surface area contributed by atoms with E-state index in [2.05, 4.69) is 29.7 Å². The summed E-state index contributed by atoms with van der Waals surface area (Å²) in [5, 5.41) is 92.4. The summed E-state index contributed by atoms with van der Waals surface area (Å²) >= 11 is 0. The quantitative estimate of drug-likeness (QED) is 0.159. The second-order valence-corrected chi connectivity index (χ2v) is 22.0. The van der Waals surface area contributed by atoms with E-state index in [0.717, 1.165) is 37.7 Å². The number of dihydropyridines is 1. The van der Waals surface area contributed by atoms with Gasteiger partial charge in [-0.25, -0.2) is 0 Å².